The quantitative estimate of drug-likeness (QED) is 0.529. The third-order valence-corrected chi connectivity index (χ3v) is 4.56. The Morgan fingerprint density at radius 1 is 1.10 bits per heavy atom. The number of benzene rings is 2. The van der Waals surface area contributed by atoms with Gasteiger partial charge in [-0.1, -0.05) is 12.1 Å². The highest BCUT2D eigenvalue weighted by Gasteiger charge is 2.18. The second-order valence-corrected chi connectivity index (χ2v) is 6.47. The first-order valence-electron chi connectivity index (χ1n) is 9.25. The molecule has 0 fully saturated rings. The number of nitrogens with zero attached hydrogens (tertiary/aromatic N) is 2. The van der Waals surface area contributed by atoms with Gasteiger partial charge in [-0.25, -0.2) is 4.79 Å². The Labute approximate surface area is 178 Å². The number of nitriles is 1. The number of aromatic nitrogens is 1. The van der Waals surface area contributed by atoms with Gasteiger partial charge < -0.3 is 24.4 Å². The van der Waals surface area contributed by atoms with E-state index in [1.807, 2.05) is 12.1 Å². The lowest BCUT2D eigenvalue weighted by Crippen LogP contribution is -2.06. The predicted molar refractivity (Wildman–Crippen MR) is 112 cm³/mol. The first-order chi connectivity index (χ1) is 15.0. The molecule has 0 saturated carbocycles. The van der Waals surface area contributed by atoms with Crippen LogP contribution in [0.2, 0.25) is 0 Å². The number of carboxylic acid groups (broad SMARTS) is 1. The molecule has 3 rings (SSSR count). The van der Waals surface area contributed by atoms with Crippen LogP contribution < -0.4 is 9.47 Å². The Kier molecular flexibility index (Phi) is 6.70. The molecule has 31 heavy (non-hydrogen) atoms. The van der Waals surface area contributed by atoms with Gasteiger partial charge in [-0.2, -0.15) is 5.26 Å². The predicted octanol–water partition coefficient (Wildman–Crippen LogP) is 3.72. The Balaban J connectivity index is 2.17. The Bertz CT molecular complexity index is 1140. The van der Waals surface area contributed by atoms with Gasteiger partial charge in [0.2, 0.25) is 0 Å². The van der Waals surface area contributed by atoms with Crippen LogP contribution in [0, 0.1) is 11.3 Å². The summed E-state index contributed by atoms with van der Waals surface area (Å²) in [4.78, 5) is 15.5. The molecular formula is C23H20N2O6. The third-order valence-electron chi connectivity index (χ3n) is 4.56. The largest absolute Gasteiger partial charge is 0.505 e. The van der Waals surface area contributed by atoms with Crippen molar-refractivity contribution in [3.05, 3.63) is 59.8 Å². The lowest BCUT2D eigenvalue weighted by atomic mass is 9.95. The number of rotatable bonds is 8. The minimum Gasteiger partial charge on any atom is -0.505 e. The lowest BCUT2D eigenvalue weighted by Gasteiger charge is -2.16. The topological polar surface area (TPSA) is 122 Å². The number of methoxy groups -OCH3 is 2. The van der Waals surface area contributed by atoms with Gasteiger partial charge >= 0.3 is 5.97 Å². The molecule has 0 spiro atoms. The summed E-state index contributed by atoms with van der Waals surface area (Å²) in [6.07, 6.45) is 1.06. The zero-order valence-electron chi connectivity index (χ0n) is 17.0. The fourth-order valence-corrected chi connectivity index (χ4v) is 3.03. The van der Waals surface area contributed by atoms with Crippen molar-refractivity contribution in [1.29, 1.82) is 5.26 Å². The SMILES string of the molecule is COCCOc1cc(-c2cc(C(=O)O)c(O)cn2)cc(C#N)c1-c1ccc(OC)cc1. The van der Waals surface area contributed by atoms with Crippen LogP contribution in [0.25, 0.3) is 22.4 Å². The van der Waals surface area contributed by atoms with E-state index in [1.165, 1.54) is 6.07 Å². The molecule has 2 aromatic carbocycles. The van der Waals surface area contributed by atoms with Crippen molar-refractivity contribution in [3.63, 3.8) is 0 Å². The zero-order chi connectivity index (χ0) is 22.4. The van der Waals surface area contributed by atoms with Crippen molar-refractivity contribution >= 4 is 5.97 Å². The zero-order valence-corrected chi connectivity index (χ0v) is 17.0. The average Bonchev–Trinajstić information content (AvgIpc) is 2.79. The van der Waals surface area contributed by atoms with Gasteiger partial charge in [-0.05, 0) is 35.9 Å². The molecule has 8 nitrogen and oxygen atoms in total. The highest BCUT2D eigenvalue weighted by Crippen LogP contribution is 2.38. The molecule has 0 aliphatic carbocycles. The highest BCUT2D eigenvalue weighted by molar-refractivity contribution is 5.92. The fraction of sp³-hybridized carbons (Fsp3) is 0.174. The number of ether oxygens (including phenoxy) is 3. The maximum atomic E-state index is 11.4. The van der Waals surface area contributed by atoms with Crippen LogP contribution in [0.15, 0.2) is 48.7 Å². The molecule has 3 aromatic rings. The number of hydrogen-bond acceptors (Lipinski definition) is 7. The number of hydrogen-bond donors (Lipinski definition) is 2. The molecule has 0 aliphatic rings. The maximum Gasteiger partial charge on any atom is 0.339 e. The van der Waals surface area contributed by atoms with E-state index < -0.39 is 11.7 Å². The van der Waals surface area contributed by atoms with Crippen LogP contribution in [0.3, 0.4) is 0 Å². The molecule has 0 saturated heterocycles. The van der Waals surface area contributed by atoms with Gasteiger partial charge in [0.25, 0.3) is 0 Å². The van der Waals surface area contributed by atoms with Gasteiger partial charge in [0.1, 0.15) is 29.4 Å². The highest BCUT2D eigenvalue weighted by atomic mass is 16.5. The molecule has 158 valence electrons. The summed E-state index contributed by atoms with van der Waals surface area (Å²) in [5.74, 6) is -0.630. The van der Waals surface area contributed by atoms with Crippen LogP contribution in [0.1, 0.15) is 15.9 Å². The van der Waals surface area contributed by atoms with Crippen LogP contribution in [-0.4, -0.2) is 48.6 Å². The molecule has 0 aliphatic heterocycles. The van der Waals surface area contributed by atoms with Gasteiger partial charge in [-0.3, -0.25) is 4.98 Å². The average molecular weight is 420 g/mol. The van der Waals surface area contributed by atoms with Gasteiger partial charge in [0.15, 0.2) is 0 Å². The first kappa shape index (κ1) is 21.6. The second kappa shape index (κ2) is 9.61. The van der Waals surface area contributed by atoms with Crippen molar-refractivity contribution in [1.82, 2.24) is 4.98 Å². The standard InChI is InChI=1S/C23H20N2O6/c1-29-7-8-31-21-10-15(19-11-18(23(27)28)20(26)13-25-19)9-16(12-24)22(21)14-3-5-17(30-2)6-4-14/h3-6,9-11,13,26H,7-8H2,1-2H3,(H,27,28). The second-order valence-electron chi connectivity index (χ2n) is 6.47. The van der Waals surface area contributed by atoms with E-state index in [-0.39, 0.29) is 17.9 Å². The number of carboxylic acids is 1. The monoisotopic (exact) mass is 420 g/mol. The minimum atomic E-state index is -1.28. The smallest absolute Gasteiger partial charge is 0.339 e. The molecule has 1 aromatic heterocycles. The Morgan fingerprint density at radius 3 is 2.45 bits per heavy atom. The van der Waals surface area contributed by atoms with Crippen LogP contribution >= 0.6 is 0 Å². The van der Waals surface area contributed by atoms with Crippen molar-refractivity contribution in [2.75, 3.05) is 27.4 Å². The van der Waals surface area contributed by atoms with Gasteiger partial charge in [0, 0.05) is 18.2 Å². The van der Waals surface area contributed by atoms with Crippen LogP contribution in [-0.2, 0) is 4.74 Å². The van der Waals surface area contributed by atoms with Crippen molar-refractivity contribution in [3.8, 4) is 45.7 Å². The van der Waals surface area contributed by atoms with E-state index >= 15 is 0 Å². The van der Waals surface area contributed by atoms with E-state index in [1.54, 1.807) is 38.5 Å². The fourth-order valence-electron chi connectivity index (χ4n) is 3.03. The molecule has 0 amide bonds. The van der Waals surface area contributed by atoms with Crippen LogP contribution in [0.5, 0.6) is 17.2 Å². The molecule has 0 unspecified atom stereocenters. The lowest BCUT2D eigenvalue weighted by molar-refractivity contribution is 0.0693. The summed E-state index contributed by atoms with van der Waals surface area (Å²) < 4.78 is 16.1. The summed E-state index contributed by atoms with van der Waals surface area (Å²) in [6.45, 7) is 0.589. The molecule has 8 heteroatoms. The van der Waals surface area contributed by atoms with E-state index in [2.05, 4.69) is 11.1 Å². The number of pyridine rings is 1. The van der Waals surface area contributed by atoms with Crippen molar-refractivity contribution in [2.45, 2.75) is 0 Å². The Hall–Kier alpha value is -4.09. The number of aromatic carboxylic acids is 1. The van der Waals surface area contributed by atoms with E-state index in [0.717, 1.165) is 11.8 Å². The van der Waals surface area contributed by atoms with Crippen molar-refractivity contribution < 1.29 is 29.2 Å². The molecule has 0 bridgehead atoms. The van der Waals surface area contributed by atoms with Gasteiger partial charge in [0.05, 0.1) is 37.2 Å². The normalized spacial score (nSPS) is 10.4. The Morgan fingerprint density at radius 2 is 1.84 bits per heavy atom. The number of carbonyl (C=O) groups is 1. The first-order valence-corrected chi connectivity index (χ1v) is 9.25. The summed E-state index contributed by atoms with van der Waals surface area (Å²) >= 11 is 0. The molecular weight excluding hydrogens is 400 g/mol. The summed E-state index contributed by atoms with van der Waals surface area (Å²) in [5.41, 5.74) is 2.13. The van der Waals surface area contributed by atoms with Crippen LogP contribution in [0.4, 0.5) is 0 Å². The van der Waals surface area contributed by atoms with E-state index in [0.29, 0.717) is 34.8 Å². The maximum absolute atomic E-state index is 11.4. The molecule has 0 radical (unpaired) electrons. The third kappa shape index (κ3) is 4.74. The van der Waals surface area contributed by atoms with Crippen molar-refractivity contribution in [2.24, 2.45) is 0 Å². The minimum absolute atomic E-state index is 0.247. The molecule has 0 atom stereocenters. The summed E-state index contributed by atoms with van der Waals surface area (Å²) in [7, 11) is 3.12. The summed E-state index contributed by atoms with van der Waals surface area (Å²) in [6, 6.07) is 13.9. The van der Waals surface area contributed by atoms with E-state index in [4.69, 9.17) is 14.2 Å². The van der Waals surface area contributed by atoms with Gasteiger partial charge in [-0.15, -0.1) is 0 Å². The molecule has 1 heterocycles. The summed E-state index contributed by atoms with van der Waals surface area (Å²) in [5, 5.41) is 28.8. The molecule has 2 N–H and O–H groups in total. The number of aromatic hydroxyl groups is 1. The van der Waals surface area contributed by atoms with E-state index in [9.17, 15) is 20.3 Å².